The molecule has 0 saturated heterocycles. The molecule has 5 aromatic rings. The lowest BCUT2D eigenvalue weighted by atomic mass is 10.2. The summed E-state index contributed by atoms with van der Waals surface area (Å²) in [6.45, 7) is 6.09. The monoisotopic (exact) mass is 534 g/mol. The molecule has 0 aliphatic carbocycles. The second-order valence-electron chi connectivity index (χ2n) is 6.40. The first kappa shape index (κ1) is 18.5. The molecule has 4 heterocycles. The van der Waals surface area contributed by atoms with Gasteiger partial charge in [0.2, 0.25) is 0 Å². The van der Waals surface area contributed by atoms with E-state index in [9.17, 15) is 0 Å². The van der Waals surface area contributed by atoms with Crippen LogP contribution in [0.25, 0.3) is 43.5 Å². The number of nitrogens with zero attached hydrogens (tertiary/aromatic N) is 4. The van der Waals surface area contributed by atoms with E-state index in [4.69, 9.17) is 9.97 Å². The fraction of sp³-hybridized carbons (Fsp3) is 0.200. The van der Waals surface area contributed by atoms with Crippen molar-refractivity contribution >= 4 is 76.6 Å². The minimum Gasteiger partial charge on any atom is -0.324 e. The molecular weight excluding hydrogens is 520 g/mol. The Morgan fingerprint density at radius 3 is 1.57 bits per heavy atom. The van der Waals surface area contributed by atoms with E-state index in [0.717, 1.165) is 54.4 Å². The van der Waals surface area contributed by atoms with Crippen LogP contribution in [0.4, 0.5) is 0 Å². The van der Waals surface area contributed by atoms with Gasteiger partial charge in [0, 0.05) is 13.1 Å². The number of imidazole rings is 2. The maximum atomic E-state index is 4.96. The van der Waals surface area contributed by atoms with Gasteiger partial charge in [0.05, 0.1) is 39.4 Å². The molecule has 0 fully saturated rings. The second-order valence-corrected chi connectivity index (χ2v) is 11.3. The molecule has 0 aliphatic rings. The van der Waals surface area contributed by atoms with E-state index >= 15 is 0 Å². The van der Waals surface area contributed by atoms with Gasteiger partial charge in [0.1, 0.15) is 0 Å². The van der Waals surface area contributed by atoms with E-state index < -0.39 is 0 Å². The summed E-state index contributed by atoms with van der Waals surface area (Å²) in [5.41, 5.74) is 4.30. The molecule has 0 saturated carbocycles. The van der Waals surface area contributed by atoms with E-state index in [-0.39, 0.29) is 0 Å². The highest BCUT2D eigenvalue weighted by molar-refractivity contribution is 9.11. The Morgan fingerprint density at radius 1 is 0.750 bits per heavy atom. The van der Waals surface area contributed by atoms with E-state index in [0.29, 0.717) is 0 Å². The van der Waals surface area contributed by atoms with Gasteiger partial charge in [-0.1, -0.05) is 0 Å². The van der Waals surface area contributed by atoms with Gasteiger partial charge in [0.15, 0.2) is 11.6 Å². The topological polar surface area (TPSA) is 35.6 Å². The van der Waals surface area contributed by atoms with Crippen LogP contribution in [-0.4, -0.2) is 19.1 Å². The molecule has 0 N–H and O–H groups in total. The zero-order valence-corrected chi connectivity index (χ0v) is 20.0. The molecule has 142 valence electrons. The Morgan fingerprint density at radius 2 is 1.21 bits per heavy atom. The summed E-state index contributed by atoms with van der Waals surface area (Å²) in [6, 6.07) is 12.8. The number of aromatic nitrogens is 4. The summed E-state index contributed by atoms with van der Waals surface area (Å²) >= 11 is 10.6. The van der Waals surface area contributed by atoms with Gasteiger partial charge in [0.25, 0.3) is 0 Å². The number of aryl methyl sites for hydroxylation is 2. The molecule has 4 nitrogen and oxygen atoms in total. The van der Waals surface area contributed by atoms with Crippen LogP contribution in [0.15, 0.2) is 44.0 Å². The Hall–Kier alpha value is -1.48. The summed E-state index contributed by atoms with van der Waals surface area (Å²) in [6.07, 6.45) is 0. The number of benzene rings is 1. The molecule has 0 radical (unpaired) electrons. The highest BCUT2D eigenvalue weighted by Crippen LogP contribution is 2.36. The smallest absolute Gasteiger partial charge is 0.151 e. The number of halogens is 2. The van der Waals surface area contributed by atoms with Crippen LogP contribution in [0.2, 0.25) is 0 Å². The fourth-order valence-electron chi connectivity index (χ4n) is 3.63. The van der Waals surface area contributed by atoms with Gasteiger partial charge in [-0.15, -0.1) is 22.7 Å². The third kappa shape index (κ3) is 2.89. The molecule has 1 aromatic carbocycles. The maximum Gasteiger partial charge on any atom is 0.151 e. The predicted molar refractivity (Wildman–Crippen MR) is 126 cm³/mol. The van der Waals surface area contributed by atoms with Crippen LogP contribution in [0.3, 0.4) is 0 Å². The van der Waals surface area contributed by atoms with Gasteiger partial charge < -0.3 is 9.13 Å². The summed E-state index contributed by atoms with van der Waals surface area (Å²) in [7, 11) is 0. The predicted octanol–water partition coefficient (Wildman–Crippen LogP) is 7.41. The average molecular weight is 536 g/mol. The third-order valence-electron chi connectivity index (χ3n) is 4.84. The average Bonchev–Trinajstić information content (AvgIpc) is 3.43. The molecule has 8 heteroatoms. The Labute approximate surface area is 187 Å². The van der Waals surface area contributed by atoms with Crippen LogP contribution in [-0.2, 0) is 13.1 Å². The fourth-order valence-corrected chi connectivity index (χ4v) is 6.40. The largest absolute Gasteiger partial charge is 0.324 e. The van der Waals surface area contributed by atoms with Crippen molar-refractivity contribution < 1.29 is 0 Å². The summed E-state index contributed by atoms with van der Waals surface area (Å²) < 4.78 is 6.82. The standard InChI is InChI=1S/C20H16Br2N4S2/c1-3-25-13-10-14-12(9-11(13)23-19(25)15-5-7-17(21)27-15)24-20(26(14)4-2)16-6-8-18(22)28-16/h5-10H,3-4H2,1-2H3. The van der Waals surface area contributed by atoms with E-state index in [1.165, 1.54) is 9.75 Å². The minimum absolute atomic E-state index is 0.873. The van der Waals surface area contributed by atoms with Crippen molar-refractivity contribution in [3.05, 3.63) is 44.0 Å². The van der Waals surface area contributed by atoms with Crippen molar-refractivity contribution in [3.8, 4) is 21.4 Å². The number of thiophene rings is 2. The molecule has 0 aliphatic heterocycles. The van der Waals surface area contributed by atoms with Crippen molar-refractivity contribution in [3.63, 3.8) is 0 Å². The molecule has 4 aromatic heterocycles. The van der Waals surface area contributed by atoms with Gasteiger partial charge in [-0.25, -0.2) is 9.97 Å². The molecule has 0 atom stereocenters. The van der Waals surface area contributed by atoms with E-state index in [2.05, 4.69) is 91.2 Å². The molecule has 28 heavy (non-hydrogen) atoms. The molecule has 0 spiro atoms. The van der Waals surface area contributed by atoms with Gasteiger partial charge in [-0.05, 0) is 82.1 Å². The molecule has 0 bridgehead atoms. The van der Waals surface area contributed by atoms with E-state index in [1.54, 1.807) is 22.7 Å². The lowest BCUT2D eigenvalue weighted by Crippen LogP contribution is -1.98. The van der Waals surface area contributed by atoms with E-state index in [1.807, 2.05) is 0 Å². The van der Waals surface area contributed by atoms with Gasteiger partial charge >= 0.3 is 0 Å². The number of fused-ring (bicyclic) bond motifs is 2. The SMILES string of the molecule is CCn1c(-c2ccc(Br)s2)nc2cc3nc(-c4ccc(Br)s4)n(CC)c3cc21. The molecule has 0 amide bonds. The van der Waals surface area contributed by atoms with Crippen molar-refractivity contribution in [2.75, 3.05) is 0 Å². The van der Waals surface area contributed by atoms with Crippen LogP contribution in [0.1, 0.15) is 13.8 Å². The number of rotatable bonds is 4. The number of hydrogen-bond donors (Lipinski definition) is 0. The minimum atomic E-state index is 0.873. The first-order valence-electron chi connectivity index (χ1n) is 9.01. The van der Waals surface area contributed by atoms with Crippen LogP contribution in [0, 0.1) is 0 Å². The van der Waals surface area contributed by atoms with Crippen molar-refractivity contribution in [2.45, 2.75) is 26.9 Å². The first-order chi connectivity index (χ1) is 13.6. The zero-order chi connectivity index (χ0) is 19.4. The highest BCUT2D eigenvalue weighted by atomic mass is 79.9. The summed E-state index contributed by atoms with van der Waals surface area (Å²) in [5, 5.41) is 0. The Balaban J connectivity index is 1.77. The van der Waals surface area contributed by atoms with Crippen molar-refractivity contribution in [2.24, 2.45) is 0 Å². The molecular formula is C20H16Br2N4S2. The summed E-state index contributed by atoms with van der Waals surface area (Å²) in [4.78, 5) is 12.3. The Kier molecular flexibility index (Phi) is 4.70. The molecule has 0 unspecified atom stereocenters. The van der Waals surface area contributed by atoms with Crippen molar-refractivity contribution in [1.82, 2.24) is 19.1 Å². The highest BCUT2D eigenvalue weighted by Gasteiger charge is 2.18. The summed E-state index contributed by atoms with van der Waals surface area (Å²) in [5.74, 6) is 2.04. The van der Waals surface area contributed by atoms with Gasteiger partial charge in [-0.2, -0.15) is 0 Å². The normalized spacial score (nSPS) is 11.9. The lowest BCUT2D eigenvalue weighted by molar-refractivity contribution is 0.791. The number of hydrogen-bond acceptors (Lipinski definition) is 4. The lowest BCUT2D eigenvalue weighted by Gasteiger charge is -2.06. The van der Waals surface area contributed by atoms with Crippen LogP contribution >= 0.6 is 54.5 Å². The first-order valence-corrected chi connectivity index (χ1v) is 12.2. The van der Waals surface area contributed by atoms with Crippen molar-refractivity contribution in [1.29, 1.82) is 0 Å². The van der Waals surface area contributed by atoms with Gasteiger partial charge in [-0.3, -0.25) is 0 Å². The zero-order valence-electron chi connectivity index (χ0n) is 15.2. The van der Waals surface area contributed by atoms with Crippen LogP contribution in [0.5, 0.6) is 0 Å². The van der Waals surface area contributed by atoms with Crippen LogP contribution < -0.4 is 0 Å². The molecule has 5 rings (SSSR count). The third-order valence-corrected chi connectivity index (χ3v) is 8.08. The Bertz CT molecular complexity index is 1230. The quantitative estimate of drug-likeness (QED) is 0.240. The second kappa shape index (κ2) is 7.09. The maximum absolute atomic E-state index is 4.96.